The molecular formula is C34H30Cl4SiZr. The molecule has 0 aliphatic heterocycles. The Morgan fingerprint density at radius 3 is 1.23 bits per heavy atom. The molecule has 0 saturated heterocycles. The topological polar surface area (TPSA) is 0 Å². The van der Waals surface area contributed by atoms with Crippen LogP contribution in [0.25, 0.3) is 43.8 Å². The summed E-state index contributed by atoms with van der Waals surface area (Å²) < 4.78 is 0. The monoisotopic (exact) mass is 696 g/mol. The first-order valence-corrected chi connectivity index (χ1v) is 21.8. The molecule has 0 spiro atoms. The molecule has 6 heteroatoms. The average molecular weight is 700 g/mol. The first kappa shape index (κ1) is 32.9. The molecule has 6 rings (SSSR count). The SMILES string of the molecule is C[Si]C.Cc1cc2c(-c3ccc(Cl)cc3)cccc2[cH-]1.Cc1cc2c(-c3ccc(Cl)cc3)cccc2[cH-]1.[Cl][Zr+2][Cl]. The van der Waals surface area contributed by atoms with E-state index in [1.54, 1.807) is 0 Å². The van der Waals surface area contributed by atoms with Crippen LogP contribution >= 0.6 is 40.2 Å². The van der Waals surface area contributed by atoms with Crippen molar-refractivity contribution in [3.8, 4) is 22.3 Å². The van der Waals surface area contributed by atoms with Gasteiger partial charge in [0.2, 0.25) is 0 Å². The number of aryl methyl sites for hydroxylation is 2. The van der Waals surface area contributed by atoms with Gasteiger partial charge in [0.05, 0.1) is 0 Å². The molecule has 40 heavy (non-hydrogen) atoms. The van der Waals surface area contributed by atoms with Gasteiger partial charge >= 0.3 is 37.9 Å². The molecule has 0 aliphatic carbocycles. The predicted octanol–water partition coefficient (Wildman–Crippen LogP) is 12.5. The number of hydrogen-bond donors (Lipinski definition) is 0. The number of rotatable bonds is 2. The van der Waals surface area contributed by atoms with Crippen molar-refractivity contribution in [2.24, 2.45) is 0 Å². The van der Waals surface area contributed by atoms with E-state index >= 15 is 0 Å². The first-order valence-electron chi connectivity index (χ1n) is 12.7. The van der Waals surface area contributed by atoms with Gasteiger partial charge in [0.15, 0.2) is 0 Å². The third-order valence-corrected chi connectivity index (χ3v) is 6.60. The number of hydrogen-bond acceptors (Lipinski definition) is 0. The van der Waals surface area contributed by atoms with E-state index in [4.69, 9.17) is 40.2 Å². The van der Waals surface area contributed by atoms with Gasteiger partial charge in [-0.3, -0.25) is 0 Å². The van der Waals surface area contributed by atoms with Gasteiger partial charge in [-0.2, -0.15) is 12.1 Å². The Bertz CT molecular complexity index is 1490. The van der Waals surface area contributed by atoms with Crippen LogP contribution in [0.1, 0.15) is 11.1 Å². The zero-order valence-electron chi connectivity index (χ0n) is 22.9. The molecule has 0 amide bonds. The van der Waals surface area contributed by atoms with E-state index in [9.17, 15) is 0 Å². The Kier molecular flexibility index (Phi) is 13.7. The van der Waals surface area contributed by atoms with E-state index in [1.807, 2.05) is 24.3 Å². The summed E-state index contributed by atoms with van der Waals surface area (Å²) in [4.78, 5) is 0. The maximum atomic E-state index is 5.92. The molecule has 0 bridgehead atoms. The fourth-order valence-corrected chi connectivity index (χ4v) is 4.78. The zero-order valence-corrected chi connectivity index (χ0v) is 29.4. The molecule has 0 aliphatic rings. The molecule has 2 radical (unpaired) electrons. The van der Waals surface area contributed by atoms with Gasteiger partial charge in [0, 0.05) is 19.6 Å². The molecule has 0 N–H and O–H groups in total. The predicted molar refractivity (Wildman–Crippen MR) is 179 cm³/mol. The molecule has 6 aromatic rings. The summed E-state index contributed by atoms with van der Waals surface area (Å²) in [5.41, 5.74) is 7.58. The van der Waals surface area contributed by atoms with Crippen molar-refractivity contribution in [1.29, 1.82) is 0 Å². The third-order valence-electron chi connectivity index (χ3n) is 6.10. The first-order chi connectivity index (χ1) is 19.3. The fraction of sp³-hybridized carbons (Fsp3) is 0.118. The van der Waals surface area contributed by atoms with E-state index in [2.05, 4.69) is 112 Å². The Morgan fingerprint density at radius 1 is 0.575 bits per heavy atom. The van der Waals surface area contributed by atoms with E-state index in [0.29, 0.717) is 0 Å². The van der Waals surface area contributed by atoms with E-state index < -0.39 is 20.8 Å². The second-order valence-electron chi connectivity index (χ2n) is 9.27. The summed E-state index contributed by atoms with van der Waals surface area (Å²) in [6.45, 7) is 8.57. The average Bonchev–Trinajstić information content (AvgIpc) is 3.51. The molecule has 6 aromatic carbocycles. The number of halogens is 4. The second-order valence-corrected chi connectivity index (χ2v) is 14.9. The molecule has 0 atom stereocenters. The Morgan fingerprint density at radius 2 is 0.900 bits per heavy atom. The van der Waals surface area contributed by atoms with E-state index in [1.165, 1.54) is 54.9 Å². The van der Waals surface area contributed by atoms with Gasteiger partial charge < -0.3 is 0 Å². The van der Waals surface area contributed by atoms with Crippen molar-refractivity contribution in [3.05, 3.63) is 130 Å². The van der Waals surface area contributed by atoms with Crippen molar-refractivity contribution < 1.29 is 20.8 Å². The van der Waals surface area contributed by atoms with Gasteiger partial charge in [0.25, 0.3) is 0 Å². The molecule has 0 heterocycles. The summed E-state index contributed by atoms with van der Waals surface area (Å²) in [6.07, 6.45) is 0. The van der Waals surface area contributed by atoms with Gasteiger partial charge in [-0.25, -0.2) is 0 Å². The minimum absolute atomic E-state index is 0.777. The fourth-order valence-electron chi connectivity index (χ4n) is 4.53. The Hall–Kier alpha value is -1.64. The summed E-state index contributed by atoms with van der Waals surface area (Å²) in [5, 5.41) is 6.78. The van der Waals surface area contributed by atoms with Crippen LogP contribution in [0.15, 0.2) is 109 Å². The van der Waals surface area contributed by atoms with Gasteiger partial charge in [-0.05, 0) is 35.4 Å². The van der Waals surface area contributed by atoms with E-state index in [-0.39, 0.29) is 0 Å². The standard InChI is InChI=1S/2C16H12Cl.C2H6Si.2ClH.Zr/c2*1-11-9-13-3-2-4-15(16(13)10-11)12-5-7-14(17)8-6-12;1-3-2;;;/h2*2-10H,1H3;1-2H3;2*1H;/q2*-1;;;;+4/p-2. The molecular weight excluding hydrogens is 669 g/mol. The van der Waals surface area contributed by atoms with Crippen molar-refractivity contribution >= 4 is 71.3 Å². The van der Waals surface area contributed by atoms with Gasteiger partial charge in [0.1, 0.15) is 0 Å². The zero-order chi connectivity index (χ0) is 29.1. The van der Waals surface area contributed by atoms with Crippen LogP contribution in [0.2, 0.25) is 23.1 Å². The maximum absolute atomic E-state index is 5.92. The van der Waals surface area contributed by atoms with Crippen molar-refractivity contribution in [2.45, 2.75) is 26.9 Å². The van der Waals surface area contributed by atoms with Crippen LogP contribution in [0.3, 0.4) is 0 Å². The number of fused-ring (bicyclic) bond motifs is 2. The van der Waals surface area contributed by atoms with Crippen LogP contribution in [0.4, 0.5) is 0 Å². The minimum atomic E-state index is -0.826. The Balaban J connectivity index is 0.000000185. The van der Waals surface area contributed by atoms with Gasteiger partial charge in [-0.15, -0.1) is 69.1 Å². The van der Waals surface area contributed by atoms with Crippen LogP contribution in [0.5, 0.6) is 0 Å². The van der Waals surface area contributed by atoms with E-state index in [0.717, 1.165) is 19.6 Å². The quantitative estimate of drug-likeness (QED) is 0.125. The third kappa shape index (κ3) is 9.18. The van der Waals surface area contributed by atoms with Crippen LogP contribution in [-0.2, 0) is 20.8 Å². The second kappa shape index (κ2) is 16.7. The molecule has 0 nitrogen and oxygen atoms in total. The van der Waals surface area contributed by atoms with Crippen LogP contribution in [0, 0.1) is 13.8 Å². The molecule has 0 saturated carbocycles. The summed E-state index contributed by atoms with van der Waals surface area (Å²) >= 11 is 11.0. The Labute approximate surface area is 269 Å². The normalized spacial score (nSPS) is 10.0. The van der Waals surface area contributed by atoms with Crippen LogP contribution < -0.4 is 0 Å². The van der Waals surface area contributed by atoms with Crippen molar-refractivity contribution in [1.82, 2.24) is 0 Å². The van der Waals surface area contributed by atoms with Crippen molar-refractivity contribution in [3.63, 3.8) is 0 Å². The molecule has 202 valence electrons. The summed E-state index contributed by atoms with van der Waals surface area (Å²) in [7, 11) is 11.0. The summed E-state index contributed by atoms with van der Waals surface area (Å²) in [6, 6.07) is 37.8. The number of benzene rings is 4. The molecule has 0 unspecified atom stereocenters. The molecule has 0 fully saturated rings. The summed E-state index contributed by atoms with van der Waals surface area (Å²) in [5.74, 6) is 0. The van der Waals surface area contributed by atoms with Gasteiger partial charge in [-0.1, -0.05) is 97.7 Å². The van der Waals surface area contributed by atoms with Crippen molar-refractivity contribution in [2.75, 3.05) is 0 Å². The van der Waals surface area contributed by atoms with Crippen LogP contribution in [-0.4, -0.2) is 9.52 Å². The molecule has 0 aromatic heterocycles.